The largest absolute Gasteiger partial charge is 0.467 e. The van der Waals surface area contributed by atoms with E-state index >= 15 is 0 Å². The zero-order valence-electron chi connectivity index (χ0n) is 20.2. The maximum atomic E-state index is 13.0. The summed E-state index contributed by atoms with van der Waals surface area (Å²) in [7, 11) is 2.41. The predicted molar refractivity (Wildman–Crippen MR) is 118 cm³/mol. The third-order valence-electron chi connectivity index (χ3n) is 6.36. The number of ether oxygens (including phenoxy) is 7. The van der Waals surface area contributed by atoms with Crippen LogP contribution in [-0.2, 0) is 49.4 Å². The molecule has 35 heavy (non-hydrogen) atoms. The Balaban J connectivity index is 1.49. The molecule has 1 amide bonds. The fourth-order valence-corrected chi connectivity index (χ4v) is 4.85. The SMILES string of the molecule is COC(=O)[C@H](C[C@]1(C(=O)OC)C[C@H]2OC[C@@H]3OC(C)(C)O[C@@H]3[C@H]2O1)NC(=O)OCc1ccccc1. The smallest absolute Gasteiger partial charge is 0.408 e. The van der Waals surface area contributed by atoms with Crippen LogP contribution in [0.15, 0.2) is 30.3 Å². The molecule has 0 saturated carbocycles. The summed E-state index contributed by atoms with van der Waals surface area (Å²) in [6, 6.07) is 7.84. The second-order valence-electron chi connectivity index (χ2n) is 9.27. The van der Waals surface area contributed by atoms with Gasteiger partial charge in [0, 0.05) is 12.8 Å². The van der Waals surface area contributed by atoms with E-state index in [1.54, 1.807) is 26.0 Å². The zero-order chi connectivity index (χ0) is 25.2. The topological polar surface area (TPSA) is 128 Å². The van der Waals surface area contributed by atoms with E-state index in [0.29, 0.717) is 0 Å². The fourth-order valence-electron chi connectivity index (χ4n) is 4.85. The molecular formula is C24H31NO10. The van der Waals surface area contributed by atoms with Crippen LogP contribution in [0.2, 0.25) is 0 Å². The Morgan fingerprint density at radius 3 is 2.43 bits per heavy atom. The van der Waals surface area contributed by atoms with Gasteiger partial charge in [-0.2, -0.15) is 0 Å². The van der Waals surface area contributed by atoms with Gasteiger partial charge in [-0.3, -0.25) is 0 Å². The van der Waals surface area contributed by atoms with E-state index in [2.05, 4.69) is 5.32 Å². The number of amides is 1. The monoisotopic (exact) mass is 493 g/mol. The molecule has 3 saturated heterocycles. The van der Waals surface area contributed by atoms with E-state index in [1.165, 1.54) is 14.2 Å². The van der Waals surface area contributed by atoms with E-state index in [9.17, 15) is 14.4 Å². The molecule has 0 spiro atoms. The highest BCUT2D eigenvalue weighted by Gasteiger charge is 2.62. The van der Waals surface area contributed by atoms with Crippen molar-refractivity contribution in [1.29, 1.82) is 0 Å². The number of methoxy groups -OCH3 is 2. The Bertz CT molecular complexity index is 937. The van der Waals surface area contributed by atoms with Gasteiger partial charge in [0.05, 0.1) is 26.9 Å². The fraction of sp³-hybridized carbons (Fsp3) is 0.625. The number of esters is 2. The third-order valence-corrected chi connectivity index (χ3v) is 6.36. The van der Waals surface area contributed by atoms with Crippen molar-refractivity contribution in [3.05, 3.63) is 35.9 Å². The van der Waals surface area contributed by atoms with Gasteiger partial charge in [-0.25, -0.2) is 14.4 Å². The Kier molecular flexibility index (Phi) is 7.32. The lowest BCUT2D eigenvalue weighted by atomic mass is 9.89. The molecule has 11 nitrogen and oxygen atoms in total. The van der Waals surface area contributed by atoms with Crippen molar-refractivity contribution in [3.63, 3.8) is 0 Å². The lowest BCUT2D eigenvalue weighted by Gasteiger charge is -2.33. The zero-order valence-corrected chi connectivity index (χ0v) is 20.2. The molecule has 0 aromatic heterocycles. The highest BCUT2D eigenvalue weighted by molar-refractivity contribution is 5.85. The van der Waals surface area contributed by atoms with E-state index in [0.717, 1.165) is 5.56 Å². The first-order valence-electron chi connectivity index (χ1n) is 11.4. The maximum absolute atomic E-state index is 13.0. The van der Waals surface area contributed by atoms with Gasteiger partial charge < -0.3 is 38.5 Å². The van der Waals surface area contributed by atoms with Crippen molar-refractivity contribution < 1.29 is 47.5 Å². The molecule has 0 bridgehead atoms. The van der Waals surface area contributed by atoms with Crippen molar-refractivity contribution in [2.24, 2.45) is 0 Å². The Hall–Kier alpha value is -2.73. The van der Waals surface area contributed by atoms with E-state index in [1.807, 2.05) is 18.2 Å². The van der Waals surface area contributed by atoms with Crippen molar-refractivity contribution in [2.75, 3.05) is 20.8 Å². The van der Waals surface area contributed by atoms with Gasteiger partial charge >= 0.3 is 18.0 Å². The first-order valence-corrected chi connectivity index (χ1v) is 11.4. The van der Waals surface area contributed by atoms with Crippen LogP contribution in [0.25, 0.3) is 0 Å². The van der Waals surface area contributed by atoms with E-state index in [4.69, 9.17) is 33.2 Å². The molecule has 6 atom stereocenters. The lowest BCUT2D eigenvalue weighted by molar-refractivity contribution is -0.189. The quantitative estimate of drug-likeness (QED) is 0.440. The number of hydrogen-bond acceptors (Lipinski definition) is 10. The molecule has 0 aliphatic carbocycles. The first-order chi connectivity index (χ1) is 16.7. The van der Waals surface area contributed by atoms with E-state index < -0.39 is 53.8 Å². The molecule has 1 aromatic rings. The van der Waals surface area contributed by atoms with Crippen LogP contribution in [0.5, 0.6) is 0 Å². The van der Waals surface area contributed by atoms with Crippen LogP contribution < -0.4 is 5.32 Å². The lowest BCUT2D eigenvalue weighted by Crippen LogP contribution is -2.52. The molecule has 1 N–H and O–H groups in total. The highest BCUT2D eigenvalue weighted by atomic mass is 16.8. The van der Waals surface area contributed by atoms with Gasteiger partial charge in [0.25, 0.3) is 0 Å². The summed E-state index contributed by atoms with van der Waals surface area (Å²) in [6.07, 6.45) is -2.92. The van der Waals surface area contributed by atoms with Gasteiger partial charge in [-0.05, 0) is 19.4 Å². The number of alkyl carbamates (subject to hydrolysis) is 1. The van der Waals surface area contributed by atoms with Gasteiger partial charge in [0.15, 0.2) is 11.4 Å². The summed E-state index contributed by atoms with van der Waals surface area (Å²) in [5.74, 6) is -2.28. The van der Waals surface area contributed by atoms with Crippen LogP contribution in [0.1, 0.15) is 32.3 Å². The van der Waals surface area contributed by atoms with Crippen molar-refractivity contribution in [1.82, 2.24) is 5.32 Å². The van der Waals surface area contributed by atoms with Crippen molar-refractivity contribution >= 4 is 18.0 Å². The minimum Gasteiger partial charge on any atom is -0.467 e. The van der Waals surface area contributed by atoms with Gasteiger partial charge in [-0.15, -0.1) is 0 Å². The molecule has 4 rings (SSSR count). The number of carbonyl (C=O) groups is 3. The van der Waals surface area contributed by atoms with Crippen LogP contribution in [-0.4, -0.2) is 80.7 Å². The van der Waals surface area contributed by atoms with Crippen LogP contribution in [0.4, 0.5) is 4.79 Å². The summed E-state index contributed by atoms with van der Waals surface area (Å²) < 4.78 is 39.2. The molecule has 3 aliphatic heterocycles. The summed E-state index contributed by atoms with van der Waals surface area (Å²) in [5, 5.41) is 2.49. The minimum atomic E-state index is -1.58. The van der Waals surface area contributed by atoms with Gasteiger partial charge in [0.1, 0.15) is 31.0 Å². The molecule has 192 valence electrons. The number of rotatable bonds is 7. The molecule has 3 aliphatic rings. The number of nitrogens with one attached hydrogen (secondary N) is 1. The Morgan fingerprint density at radius 1 is 1.03 bits per heavy atom. The summed E-state index contributed by atoms with van der Waals surface area (Å²) in [6.45, 7) is 3.87. The van der Waals surface area contributed by atoms with Crippen molar-refractivity contribution in [3.8, 4) is 0 Å². The highest BCUT2D eigenvalue weighted by Crippen LogP contribution is 2.45. The third kappa shape index (κ3) is 5.43. The molecular weight excluding hydrogens is 462 g/mol. The molecule has 1 aromatic carbocycles. The number of benzene rings is 1. The second kappa shape index (κ2) is 10.1. The molecule has 3 fully saturated rings. The average molecular weight is 494 g/mol. The Labute approximate surface area is 203 Å². The van der Waals surface area contributed by atoms with Gasteiger partial charge in [-0.1, -0.05) is 30.3 Å². The number of carbonyl (C=O) groups excluding carboxylic acids is 3. The van der Waals surface area contributed by atoms with Crippen LogP contribution in [0.3, 0.4) is 0 Å². The normalized spacial score (nSPS) is 31.5. The standard InChI is InChI=1S/C24H31NO10/c1-23(2)33-17-13-31-16-11-24(21(27)30-4,35-18(16)19(17)34-23)10-15(20(26)29-3)25-22(28)32-12-14-8-6-5-7-9-14/h5-9,15-19H,10-13H2,1-4H3,(H,25,28)/t15-,16+,17-,18-,19-,24+/m0/s1. The first kappa shape index (κ1) is 25.4. The Morgan fingerprint density at radius 2 is 1.74 bits per heavy atom. The molecule has 3 heterocycles. The molecule has 11 heteroatoms. The minimum absolute atomic E-state index is 0.00733. The summed E-state index contributed by atoms with van der Waals surface area (Å²) in [4.78, 5) is 38.0. The van der Waals surface area contributed by atoms with Crippen molar-refractivity contribution in [2.45, 2.75) is 75.1 Å². The number of fused-ring (bicyclic) bond motifs is 3. The van der Waals surface area contributed by atoms with Gasteiger partial charge in [0.2, 0.25) is 0 Å². The second-order valence-corrected chi connectivity index (χ2v) is 9.27. The van der Waals surface area contributed by atoms with Crippen LogP contribution in [0, 0.1) is 0 Å². The van der Waals surface area contributed by atoms with E-state index in [-0.39, 0.29) is 32.2 Å². The molecule has 0 unspecified atom stereocenters. The number of hydrogen-bond donors (Lipinski definition) is 1. The summed E-state index contributed by atoms with van der Waals surface area (Å²) in [5.41, 5.74) is -0.805. The molecule has 0 radical (unpaired) electrons. The maximum Gasteiger partial charge on any atom is 0.408 e. The summed E-state index contributed by atoms with van der Waals surface area (Å²) >= 11 is 0. The average Bonchev–Trinajstić information content (AvgIpc) is 3.38. The predicted octanol–water partition coefficient (Wildman–Crippen LogP) is 1.46. The van der Waals surface area contributed by atoms with Crippen LogP contribution >= 0.6 is 0 Å².